The molecule has 1 saturated heterocycles. The van der Waals surface area contributed by atoms with Crippen LogP contribution in [0.2, 0.25) is 0 Å². The van der Waals surface area contributed by atoms with Gasteiger partial charge in [0.2, 0.25) is 5.43 Å². The number of piperazine rings is 1. The number of ether oxygens (including phenoxy) is 1. The highest BCUT2D eigenvalue weighted by Gasteiger charge is 2.20. The van der Waals surface area contributed by atoms with Gasteiger partial charge in [-0.3, -0.25) is 9.69 Å². The molecular formula is C22H24N2O2S. The van der Waals surface area contributed by atoms with Gasteiger partial charge in [0.05, 0.1) is 12.8 Å². The molecule has 0 N–H and O–H groups in total. The fourth-order valence-electron chi connectivity index (χ4n) is 3.59. The number of nitrogens with zero attached hydrogens (tertiary/aromatic N) is 2. The van der Waals surface area contributed by atoms with Crippen molar-refractivity contribution < 1.29 is 4.74 Å². The van der Waals surface area contributed by atoms with Crippen molar-refractivity contribution in [2.45, 2.75) is 6.42 Å². The highest BCUT2D eigenvalue weighted by atomic mass is 32.1. The van der Waals surface area contributed by atoms with Crippen molar-refractivity contribution in [2.24, 2.45) is 0 Å². The van der Waals surface area contributed by atoms with Crippen LogP contribution in [0.3, 0.4) is 0 Å². The van der Waals surface area contributed by atoms with Gasteiger partial charge in [0.25, 0.3) is 0 Å². The Balaban J connectivity index is 1.43. The molecule has 0 spiro atoms. The van der Waals surface area contributed by atoms with Gasteiger partial charge in [0.1, 0.15) is 5.75 Å². The Morgan fingerprint density at radius 1 is 1.04 bits per heavy atom. The molecule has 0 amide bonds. The maximum Gasteiger partial charge on any atom is 0.211 e. The Morgan fingerprint density at radius 3 is 2.56 bits per heavy atom. The van der Waals surface area contributed by atoms with Gasteiger partial charge < -0.3 is 9.64 Å². The van der Waals surface area contributed by atoms with Crippen molar-refractivity contribution in [3.63, 3.8) is 0 Å². The zero-order valence-corrected chi connectivity index (χ0v) is 16.4. The molecule has 140 valence electrons. The summed E-state index contributed by atoms with van der Waals surface area (Å²) in [4.78, 5) is 17.7. The molecule has 1 aliphatic heterocycles. The summed E-state index contributed by atoms with van der Waals surface area (Å²) in [7, 11) is 1.63. The second kappa shape index (κ2) is 8.11. The fraction of sp³-hybridized carbons (Fsp3) is 0.318. The van der Waals surface area contributed by atoms with Crippen molar-refractivity contribution in [3.8, 4) is 5.75 Å². The van der Waals surface area contributed by atoms with Crippen LogP contribution in [0.15, 0.2) is 58.7 Å². The first kappa shape index (κ1) is 18.0. The van der Waals surface area contributed by atoms with E-state index in [1.807, 2.05) is 23.6 Å². The van der Waals surface area contributed by atoms with Gasteiger partial charge in [-0.25, -0.2) is 0 Å². The number of methoxy groups -OCH3 is 1. The van der Waals surface area contributed by atoms with Gasteiger partial charge in [0.15, 0.2) is 0 Å². The van der Waals surface area contributed by atoms with E-state index in [2.05, 4.69) is 40.1 Å². The largest absolute Gasteiger partial charge is 0.497 e. The number of hydrogen-bond acceptors (Lipinski definition) is 5. The minimum Gasteiger partial charge on any atom is -0.497 e. The number of rotatable bonds is 5. The molecule has 2 heterocycles. The average molecular weight is 381 g/mol. The van der Waals surface area contributed by atoms with E-state index in [4.69, 9.17) is 4.74 Å². The standard InChI is InChI=1S/C22H24N2O2S/c1-26-18-7-8-21-19(15-18)22(25)20(16-27-21)24-13-11-23(12-14-24)10-9-17-5-3-2-4-6-17/h2-8,15-16H,9-14H2,1H3. The molecule has 1 fully saturated rings. The number of fused-ring (bicyclic) bond motifs is 1. The van der Waals surface area contributed by atoms with E-state index in [0.29, 0.717) is 0 Å². The molecule has 3 aromatic rings. The Bertz CT molecular complexity index is 963. The predicted octanol–water partition coefficient (Wildman–Crippen LogP) is 3.63. The smallest absolute Gasteiger partial charge is 0.211 e. The van der Waals surface area contributed by atoms with Crippen LogP contribution in [0.4, 0.5) is 5.69 Å². The van der Waals surface area contributed by atoms with Gasteiger partial charge in [0, 0.05) is 48.2 Å². The quantitative estimate of drug-likeness (QED) is 0.677. The molecule has 0 saturated carbocycles. The van der Waals surface area contributed by atoms with Crippen molar-refractivity contribution in [3.05, 3.63) is 69.7 Å². The molecule has 0 radical (unpaired) electrons. The van der Waals surface area contributed by atoms with Crippen LogP contribution in [0.1, 0.15) is 5.56 Å². The van der Waals surface area contributed by atoms with Crippen molar-refractivity contribution in [1.29, 1.82) is 0 Å². The van der Waals surface area contributed by atoms with E-state index in [9.17, 15) is 4.79 Å². The maximum absolute atomic E-state index is 13.0. The summed E-state index contributed by atoms with van der Waals surface area (Å²) < 4.78 is 6.29. The Labute approximate surface area is 163 Å². The van der Waals surface area contributed by atoms with Crippen LogP contribution in [0.25, 0.3) is 10.1 Å². The Morgan fingerprint density at radius 2 is 1.81 bits per heavy atom. The Hall–Kier alpha value is -2.37. The topological polar surface area (TPSA) is 32.8 Å². The van der Waals surface area contributed by atoms with Crippen LogP contribution in [-0.4, -0.2) is 44.7 Å². The minimum atomic E-state index is 0.111. The van der Waals surface area contributed by atoms with Gasteiger partial charge in [-0.1, -0.05) is 30.3 Å². The molecule has 1 aromatic heterocycles. The minimum absolute atomic E-state index is 0.111. The molecule has 0 aliphatic carbocycles. The molecule has 27 heavy (non-hydrogen) atoms. The molecular weight excluding hydrogens is 356 g/mol. The van der Waals surface area contributed by atoms with Crippen LogP contribution in [0.5, 0.6) is 5.75 Å². The lowest BCUT2D eigenvalue weighted by molar-refractivity contribution is 0.261. The molecule has 1 aliphatic rings. The third kappa shape index (κ3) is 3.99. The summed E-state index contributed by atoms with van der Waals surface area (Å²) in [5.74, 6) is 0.731. The van der Waals surface area contributed by atoms with Crippen molar-refractivity contribution in [2.75, 3.05) is 44.7 Å². The summed E-state index contributed by atoms with van der Waals surface area (Å²) in [6, 6.07) is 16.3. The van der Waals surface area contributed by atoms with Crippen LogP contribution in [0, 0.1) is 0 Å². The molecule has 0 unspecified atom stereocenters. The van der Waals surface area contributed by atoms with E-state index in [1.165, 1.54) is 5.56 Å². The number of hydrogen-bond donors (Lipinski definition) is 0. The number of anilines is 1. The van der Waals surface area contributed by atoms with Crippen LogP contribution >= 0.6 is 11.3 Å². The lowest BCUT2D eigenvalue weighted by Gasteiger charge is -2.35. The monoisotopic (exact) mass is 380 g/mol. The van der Waals surface area contributed by atoms with Crippen LogP contribution in [-0.2, 0) is 6.42 Å². The van der Waals surface area contributed by atoms with Crippen molar-refractivity contribution in [1.82, 2.24) is 4.90 Å². The molecule has 0 bridgehead atoms. The second-order valence-electron chi connectivity index (χ2n) is 6.88. The van der Waals surface area contributed by atoms with E-state index < -0.39 is 0 Å². The van der Waals surface area contributed by atoms with Crippen LogP contribution < -0.4 is 15.1 Å². The summed E-state index contributed by atoms with van der Waals surface area (Å²) in [6.45, 7) is 4.85. The fourth-order valence-corrected chi connectivity index (χ4v) is 4.51. The molecule has 2 aromatic carbocycles. The van der Waals surface area contributed by atoms with E-state index in [-0.39, 0.29) is 5.43 Å². The lowest BCUT2D eigenvalue weighted by Crippen LogP contribution is -2.48. The molecule has 4 nitrogen and oxygen atoms in total. The second-order valence-corrected chi connectivity index (χ2v) is 7.79. The zero-order chi connectivity index (χ0) is 18.6. The Kier molecular flexibility index (Phi) is 5.41. The van der Waals surface area contributed by atoms with E-state index in [0.717, 1.165) is 60.7 Å². The lowest BCUT2D eigenvalue weighted by atomic mass is 10.1. The van der Waals surface area contributed by atoms with Gasteiger partial charge in [-0.15, -0.1) is 11.3 Å². The highest BCUT2D eigenvalue weighted by molar-refractivity contribution is 7.16. The highest BCUT2D eigenvalue weighted by Crippen LogP contribution is 2.25. The summed E-state index contributed by atoms with van der Waals surface area (Å²) in [5.41, 5.74) is 2.32. The predicted molar refractivity (Wildman–Crippen MR) is 113 cm³/mol. The average Bonchev–Trinajstić information content (AvgIpc) is 2.74. The number of benzene rings is 2. The summed E-state index contributed by atoms with van der Waals surface area (Å²) in [6.07, 6.45) is 1.07. The summed E-state index contributed by atoms with van der Waals surface area (Å²) >= 11 is 1.63. The normalized spacial score (nSPS) is 15.2. The van der Waals surface area contributed by atoms with Crippen molar-refractivity contribution >= 4 is 27.1 Å². The zero-order valence-electron chi connectivity index (χ0n) is 15.6. The van der Waals surface area contributed by atoms with Gasteiger partial charge in [-0.05, 0) is 30.2 Å². The maximum atomic E-state index is 13.0. The first-order chi connectivity index (χ1) is 13.2. The summed E-state index contributed by atoms with van der Waals surface area (Å²) in [5, 5.41) is 2.76. The van der Waals surface area contributed by atoms with E-state index in [1.54, 1.807) is 18.4 Å². The first-order valence-corrected chi connectivity index (χ1v) is 10.2. The molecule has 4 rings (SSSR count). The third-order valence-electron chi connectivity index (χ3n) is 5.23. The SMILES string of the molecule is COc1ccc2scc(N3CCN(CCc4ccccc4)CC3)c(=O)c2c1. The van der Waals surface area contributed by atoms with Gasteiger partial charge in [-0.2, -0.15) is 0 Å². The first-order valence-electron chi connectivity index (χ1n) is 9.35. The van der Waals surface area contributed by atoms with E-state index >= 15 is 0 Å². The van der Waals surface area contributed by atoms with Gasteiger partial charge >= 0.3 is 0 Å². The third-order valence-corrected chi connectivity index (χ3v) is 6.19. The molecule has 5 heteroatoms. The molecule has 0 atom stereocenters.